The quantitative estimate of drug-likeness (QED) is 0.0218. The number of aromatic carboxylic acids is 1. The van der Waals surface area contributed by atoms with E-state index in [2.05, 4.69) is 35.5 Å². The SMILES string of the molecule is Cc1cc(-c2ccccc2)n(-c2ccc([N+](=O)[O-])cc2S(=O)(=O)Nc2ccccc2Cl)n1.O=C(O)c1ccc(CNNc2ccc([N+](=O)[O-])cc2S(=O)(=O)Nc2ccccc2Cl)cc1.O=[N+]([O-])c1ccc(NNS(=O)(=O)c2ccc(Cl)cc2)c(S(=O)(=O)Nc2ccccc2Cl)c1. The number of anilines is 5. The summed E-state index contributed by atoms with van der Waals surface area (Å²) in [6.45, 7) is 2.00. The van der Waals surface area contributed by atoms with E-state index in [1.807, 2.05) is 41.2 Å². The molecule has 0 saturated heterocycles. The highest BCUT2D eigenvalue weighted by molar-refractivity contribution is 7.93. The van der Waals surface area contributed by atoms with Gasteiger partial charge in [0, 0.05) is 53.5 Å². The second-order valence-electron chi connectivity index (χ2n) is 19.7. The summed E-state index contributed by atoms with van der Waals surface area (Å²) in [5.41, 5.74) is 9.83. The Hall–Kier alpha value is -10.3. The average molecular weight is 1460 g/mol. The smallest absolute Gasteiger partial charge is 0.335 e. The Balaban J connectivity index is 0.000000184. The summed E-state index contributed by atoms with van der Waals surface area (Å²) in [5, 5.41) is 47.9. The van der Waals surface area contributed by atoms with Gasteiger partial charge in [0.2, 0.25) is 0 Å². The van der Waals surface area contributed by atoms with Gasteiger partial charge < -0.3 is 16.0 Å². The topological polar surface area (TPSA) is 405 Å². The zero-order valence-electron chi connectivity index (χ0n) is 48.9. The fourth-order valence-corrected chi connectivity index (χ4v) is 13.9. The minimum absolute atomic E-state index is 0.0355. The number of carboxylic acid groups (broad SMARTS) is 1. The standard InChI is InChI=1S/C22H17ClN4O4S.C20H17ClN4O6S.C18H14Cl2N4O6S2/c1-15-13-21(16-7-3-2-4-8-16)26(24-15)20-12-11-17(27(28)29)14-22(20)32(30,31)25-19-10-6-5-9-18(19)23;21-16-3-1-2-4-17(16)24-32(30,31)19-11-15(25(28)29)9-10-18(19)23-22-12-13-5-7-14(8-6-13)20(26)27;19-12-5-8-14(9-6-12)31(27,28)23-21-17-10-7-13(24(25)26)11-18(17)32(29,30)22-16-4-2-1-3-15(16)20/h2-14,25H,1H3;1-11,22-24H,12H2,(H,26,27);1-11,21-23H. The molecular formula is C60H48Cl4N12O16S4. The van der Waals surface area contributed by atoms with Gasteiger partial charge in [-0.1, -0.05) is 125 Å². The van der Waals surface area contributed by atoms with E-state index in [1.54, 1.807) is 49.4 Å². The molecule has 10 aromatic rings. The van der Waals surface area contributed by atoms with Crippen molar-refractivity contribution in [1.29, 1.82) is 0 Å². The zero-order chi connectivity index (χ0) is 69.7. The number of non-ortho nitro benzene ring substituents is 3. The van der Waals surface area contributed by atoms with Gasteiger partial charge in [-0.05, 0) is 110 Å². The summed E-state index contributed by atoms with van der Waals surface area (Å²) in [5.74, 6) is -1.05. The Bertz CT molecular complexity index is 5070. The fraction of sp³-hybridized carbons (Fsp3) is 0.0333. The highest BCUT2D eigenvalue weighted by atomic mass is 35.5. The molecule has 10 rings (SSSR count). The number of aromatic nitrogens is 2. The number of carbonyl (C=O) groups is 1. The number of aryl methyl sites for hydroxylation is 1. The number of nitro groups is 3. The molecule has 96 heavy (non-hydrogen) atoms. The number of nitrogens with one attached hydrogen (secondary N) is 7. The van der Waals surface area contributed by atoms with Gasteiger partial charge in [0.25, 0.3) is 57.2 Å². The van der Waals surface area contributed by atoms with Crippen molar-refractivity contribution >= 4 is 138 Å². The van der Waals surface area contributed by atoms with Crippen molar-refractivity contribution < 1.29 is 58.3 Å². The predicted molar refractivity (Wildman–Crippen MR) is 363 cm³/mol. The van der Waals surface area contributed by atoms with Crippen LogP contribution in [0.5, 0.6) is 0 Å². The molecule has 0 atom stereocenters. The number of para-hydroxylation sites is 3. The summed E-state index contributed by atoms with van der Waals surface area (Å²) < 4.78 is 112. The highest BCUT2D eigenvalue weighted by Crippen LogP contribution is 2.35. The van der Waals surface area contributed by atoms with Crippen molar-refractivity contribution in [2.45, 2.75) is 33.1 Å². The van der Waals surface area contributed by atoms with Crippen LogP contribution in [0.25, 0.3) is 16.9 Å². The molecule has 0 spiro atoms. The van der Waals surface area contributed by atoms with Gasteiger partial charge in [-0.25, -0.2) is 48.6 Å². The van der Waals surface area contributed by atoms with Crippen molar-refractivity contribution in [3.8, 4) is 16.9 Å². The first-order valence-electron chi connectivity index (χ1n) is 27.1. The summed E-state index contributed by atoms with van der Waals surface area (Å²) in [6.07, 6.45) is 0. The maximum Gasteiger partial charge on any atom is 0.335 e. The lowest BCUT2D eigenvalue weighted by atomic mass is 10.1. The largest absolute Gasteiger partial charge is 0.478 e. The molecule has 0 amide bonds. The third-order valence-electron chi connectivity index (χ3n) is 13.0. The van der Waals surface area contributed by atoms with Crippen molar-refractivity contribution in [2.75, 3.05) is 25.0 Å². The summed E-state index contributed by atoms with van der Waals surface area (Å²) in [7, 11) is -17.0. The molecule has 9 aromatic carbocycles. The number of nitro benzene ring substituents is 3. The van der Waals surface area contributed by atoms with Crippen LogP contribution in [0.4, 0.5) is 45.5 Å². The van der Waals surface area contributed by atoms with E-state index in [0.717, 1.165) is 41.5 Å². The first-order valence-corrected chi connectivity index (χ1v) is 34.5. The summed E-state index contributed by atoms with van der Waals surface area (Å²) in [4.78, 5) is 43.2. The number of hydrogen-bond acceptors (Lipinski definition) is 19. The summed E-state index contributed by atoms with van der Waals surface area (Å²) in [6, 6.07) is 50.8. The van der Waals surface area contributed by atoms with Crippen LogP contribution in [0.1, 0.15) is 21.6 Å². The molecular weight excluding hydrogens is 1410 g/mol. The molecule has 8 N–H and O–H groups in total. The number of hydrazine groups is 2. The molecule has 36 heteroatoms. The first kappa shape index (κ1) is 71.6. The molecule has 0 aliphatic rings. The summed E-state index contributed by atoms with van der Waals surface area (Å²) >= 11 is 23.9. The normalized spacial score (nSPS) is 11.3. The Morgan fingerprint density at radius 1 is 0.479 bits per heavy atom. The Labute approximate surface area is 567 Å². The van der Waals surface area contributed by atoms with Crippen molar-refractivity contribution in [2.24, 2.45) is 0 Å². The number of nitrogens with zero attached hydrogens (tertiary/aromatic N) is 5. The van der Waals surface area contributed by atoms with Gasteiger partial charge in [-0.15, -0.1) is 4.83 Å². The Morgan fingerprint density at radius 3 is 1.34 bits per heavy atom. The van der Waals surface area contributed by atoms with Gasteiger partial charge in [-0.3, -0.25) is 44.5 Å². The van der Waals surface area contributed by atoms with Crippen LogP contribution in [0.2, 0.25) is 20.1 Å². The predicted octanol–water partition coefficient (Wildman–Crippen LogP) is 13.1. The van der Waals surface area contributed by atoms with E-state index in [4.69, 9.17) is 51.5 Å². The number of hydrogen-bond donors (Lipinski definition) is 8. The fourth-order valence-electron chi connectivity index (χ4n) is 8.44. The monoisotopic (exact) mass is 1460 g/mol. The Morgan fingerprint density at radius 2 is 0.896 bits per heavy atom. The molecule has 28 nitrogen and oxygen atoms in total. The van der Waals surface area contributed by atoms with E-state index in [-0.39, 0.29) is 81.7 Å². The average Bonchev–Trinajstić information content (AvgIpc) is 1.45. The maximum absolute atomic E-state index is 13.3. The number of benzene rings is 9. The van der Waals surface area contributed by atoms with E-state index in [9.17, 15) is 68.8 Å². The van der Waals surface area contributed by atoms with Crippen LogP contribution in [-0.2, 0) is 46.6 Å². The second kappa shape index (κ2) is 30.9. The molecule has 0 unspecified atom stereocenters. The van der Waals surface area contributed by atoms with Crippen LogP contribution in [-0.4, -0.2) is 69.3 Å². The highest BCUT2D eigenvalue weighted by Gasteiger charge is 2.29. The van der Waals surface area contributed by atoms with Crippen LogP contribution >= 0.6 is 46.4 Å². The molecule has 0 aliphatic carbocycles. The lowest BCUT2D eigenvalue weighted by molar-refractivity contribution is -0.385. The first-order chi connectivity index (χ1) is 45.4. The van der Waals surface area contributed by atoms with Gasteiger partial charge >= 0.3 is 5.97 Å². The van der Waals surface area contributed by atoms with Crippen molar-refractivity contribution in [3.05, 3.63) is 280 Å². The number of halogens is 4. The van der Waals surface area contributed by atoms with E-state index in [0.29, 0.717) is 16.4 Å². The number of carboxylic acids is 1. The second-order valence-corrected chi connectivity index (χ2v) is 27.9. The lowest BCUT2D eigenvalue weighted by Crippen LogP contribution is -2.30. The van der Waals surface area contributed by atoms with Gasteiger partial charge in [0.15, 0.2) is 0 Å². The third kappa shape index (κ3) is 18.4. The van der Waals surface area contributed by atoms with Gasteiger partial charge in [-0.2, -0.15) is 5.10 Å². The molecule has 496 valence electrons. The molecule has 1 aromatic heterocycles. The molecule has 0 saturated carbocycles. The van der Waals surface area contributed by atoms with Crippen molar-refractivity contribution in [3.63, 3.8) is 0 Å². The minimum Gasteiger partial charge on any atom is -0.478 e. The van der Waals surface area contributed by atoms with Crippen molar-refractivity contribution in [1.82, 2.24) is 20.0 Å². The maximum atomic E-state index is 13.3. The van der Waals surface area contributed by atoms with Gasteiger partial charge in [0.05, 0.1) is 85.8 Å². The zero-order valence-corrected chi connectivity index (χ0v) is 55.2. The van der Waals surface area contributed by atoms with E-state index < -0.39 is 77.1 Å². The number of rotatable bonds is 23. The van der Waals surface area contributed by atoms with Crippen LogP contribution in [0, 0.1) is 37.3 Å². The number of sulfonamides is 4. The van der Waals surface area contributed by atoms with E-state index in [1.165, 1.54) is 108 Å². The van der Waals surface area contributed by atoms with Crippen LogP contribution < -0.4 is 35.3 Å². The molecule has 0 fully saturated rings. The Kier molecular flexibility index (Phi) is 23.0. The molecule has 0 aliphatic heterocycles. The minimum atomic E-state index is -4.41. The molecule has 0 bridgehead atoms. The molecule has 1 heterocycles. The van der Waals surface area contributed by atoms with Crippen LogP contribution in [0.15, 0.2) is 232 Å². The molecule has 0 radical (unpaired) electrons. The van der Waals surface area contributed by atoms with Crippen LogP contribution in [0.3, 0.4) is 0 Å². The van der Waals surface area contributed by atoms with Gasteiger partial charge in [0.1, 0.15) is 14.7 Å². The lowest BCUT2D eigenvalue weighted by Gasteiger charge is -2.15. The van der Waals surface area contributed by atoms with E-state index >= 15 is 0 Å². The third-order valence-corrected chi connectivity index (χ3v) is 19.7.